The Morgan fingerprint density at radius 1 is 1.34 bits per heavy atom. The summed E-state index contributed by atoms with van der Waals surface area (Å²) in [7, 11) is 1.98. The number of halogens is 1. The number of rotatable bonds is 6. The molecule has 0 aromatic heterocycles. The van der Waals surface area contributed by atoms with Gasteiger partial charge in [-0.15, -0.1) is 0 Å². The van der Waals surface area contributed by atoms with Gasteiger partial charge < -0.3 is 21.7 Å². The summed E-state index contributed by atoms with van der Waals surface area (Å²) >= 11 is 0. The molecule has 7 unspecified atom stereocenters. The zero-order valence-electron chi connectivity index (χ0n) is 17.0. The van der Waals surface area contributed by atoms with E-state index in [2.05, 4.69) is 36.8 Å². The molecule has 10 nitrogen and oxygen atoms in total. The topological polar surface area (TPSA) is 122 Å². The molecule has 29 heavy (non-hydrogen) atoms. The van der Waals surface area contributed by atoms with Gasteiger partial charge in [-0.25, -0.2) is 19.8 Å². The monoisotopic (exact) mass is 411 g/mol. The minimum absolute atomic E-state index is 0.0189. The van der Waals surface area contributed by atoms with Gasteiger partial charge in [0.15, 0.2) is 0 Å². The number of nitrogens with zero attached hydrogens (tertiary/aromatic N) is 3. The molecule has 3 saturated heterocycles. The van der Waals surface area contributed by atoms with E-state index in [0.717, 1.165) is 45.6 Å². The Bertz CT molecular complexity index is 608. The first-order chi connectivity index (χ1) is 14.1. The number of hydrogen-bond acceptors (Lipinski definition) is 9. The number of alkyl halides is 1. The van der Waals surface area contributed by atoms with Crippen LogP contribution in [-0.2, 0) is 4.79 Å². The van der Waals surface area contributed by atoms with Crippen LogP contribution in [0, 0.1) is 11.8 Å². The van der Waals surface area contributed by atoms with Gasteiger partial charge in [-0.2, -0.15) is 0 Å². The van der Waals surface area contributed by atoms with E-state index in [1.165, 1.54) is 6.21 Å². The van der Waals surface area contributed by atoms with Crippen LogP contribution >= 0.6 is 0 Å². The van der Waals surface area contributed by atoms with Crippen molar-refractivity contribution in [1.29, 1.82) is 0 Å². The number of nitrogens with one attached hydrogen (secondary N) is 5. The molecule has 4 heterocycles. The van der Waals surface area contributed by atoms with E-state index < -0.39 is 24.4 Å². The Labute approximate surface area is 171 Å². The van der Waals surface area contributed by atoms with E-state index in [1.807, 2.05) is 7.05 Å². The standard InChI is InChI=1S/C18H34FN9O/c1-21-4-2-11-6-24-27(9-11)14-3-5-22-8-13(14)25-18(29)15-16(20)26-28-10-12(19)7-23-17(15)28/h7,11-17,21-22,24,26H,2-6,8-10,20H2,1H3,(H,25,29). The lowest BCUT2D eigenvalue weighted by molar-refractivity contribution is -0.127. The molecule has 0 spiro atoms. The van der Waals surface area contributed by atoms with Crippen molar-refractivity contribution < 1.29 is 9.18 Å². The maximum atomic E-state index is 13.6. The normalized spacial score (nSPS) is 40.9. The zero-order chi connectivity index (χ0) is 20.4. The Balaban J connectivity index is 1.38. The second-order valence-electron chi connectivity index (χ2n) is 8.51. The molecule has 4 rings (SSSR count). The van der Waals surface area contributed by atoms with Gasteiger partial charge in [0.1, 0.15) is 18.3 Å². The van der Waals surface area contributed by atoms with Crippen molar-refractivity contribution in [2.24, 2.45) is 22.6 Å². The molecule has 164 valence electrons. The molecule has 4 aliphatic heterocycles. The largest absolute Gasteiger partial charge is 0.350 e. The number of hydrazine groups is 2. The first-order valence-electron chi connectivity index (χ1n) is 10.7. The molecule has 0 radical (unpaired) electrons. The summed E-state index contributed by atoms with van der Waals surface area (Å²) in [6, 6.07) is 0.209. The summed E-state index contributed by atoms with van der Waals surface area (Å²) in [5.41, 5.74) is 12.7. The Morgan fingerprint density at radius 3 is 3.03 bits per heavy atom. The van der Waals surface area contributed by atoms with Gasteiger partial charge in [0.05, 0.1) is 18.8 Å². The second-order valence-corrected chi connectivity index (χ2v) is 8.51. The van der Waals surface area contributed by atoms with Crippen molar-refractivity contribution in [2.75, 3.05) is 46.3 Å². The van der Waals surface area contributed by atoms with Crippen molar-refractivity contribution in [1.82, 2.24) is 36.8 Å². The third-order valence-electron chi connectivity index (χ3n) is 6.43. The van der Waals surface area contributed by atoms with Crippen LogP contribution in [0.5, 0.6) is 0 Å². The summed E-state index contributed by atoms with van der Waals surface area (Å²) in [5.74, 6) is -0.0623. The molecule has 7 atom stereocenters. The molecular weight excluding hydrogens is 377 g/mol. The lowest BCUT2D eigenvalue weighted by Crippen LogP contribution is -2.62. The van der Waals surface area contributed by atoms with Crippen molar-refractivity contribution >= 4 is 12.1 Å². The number of aliphatic imine (C=N–C) groups is 1. The quantitative estimate of drug-likeness (QED) is 0.280. The molecule has 0 bridgehead atoms. The highest BCUT2D eigenvalue weighted by Crippen LogP contribution is 2.25. The summed E-state index contributed by atoms with van der Waals surface area (Å²) in [6.45, 7) is 4.78. The van der Waals surface area contributed by atoms with E-state index in [1.54, 1.807) is 5.01 Å². The summed E-state index contributed by atoms with van der Waals surface area (Å²) in [5, 5.41) is 13.8. The van der Waals surface area contributed by atoms with E-state index in [4.69, 9.17) is 5.73 Å². The van der Waals surface area contributed by atoms with Crippen molar-refractivity contribution in [3.63, 3.8) is 0 Å². The highest BCUT2D eigenvalue weighted by Gasteiger charge is 2.47. The molecule has 1 amide bonds. The minimum Gasteiger partial charge on any atom is -0.350 e. The third kappa shape index (κ3) is 4.61. The third-order valence-corrected chi connectivity index (χ3v) is 6.43. The minimum atomic E-state index is -1.14. The average Bonchev–Trinajstić information content (AvgIpc) is 3.30. The maximum Gasteiger partial charge on any atom is 0.230 e. The SMILES string of the molecule is CNCCC1CNN(C2CCNCC2NC(=O)C2C(N)NN3CC(F)C=NC23)C1. The predicted molar refractivity (Wildman–Crippen MR) is 108 cm³/mol. The van der Waals surface area contributed by atoms with Gasteiger partial charge in [-0.1, -0.05) is 0 Å². The molecule has 0 aromatic carbocycles. The summed E-state index contributed by atoms with van der Waals surface area (Å²) in [6.07, 6.45) is 1.21. The lowest BCUT2D eigenvalue weighted by Gasteiger charge is -2.39. The number of carbonyl (C=O) groups is 1. The van der Waals surface area contributed by atoms with Gasteiger partial charge in [-0.05, 0) is 38.9 Å². The highest BCUT2D eigenvalue weighted by atomic mass is 19.1. The van der Waals surface area contributed by atoms with Gasteiger partial charge in [0, 0.05) is 31.9 Å². The first kappa shape index (κ1) is 21.0. The van der Waals surface area contributed by atoms with Gasteiger partial charge in [0.25, 0.3) is 0 Å². The molecule has 0 aromatic rings. The Kier molecular flexibility index (Phi) is 6.74. The maximum absolute atomic E-state index is 13.6. The zero-order valence-corrected chi connectivity index (χ0v) is 17.0. The van der Waals surface area contributed by atoms with Crippen molar-refractivity contribution in [2.45, 2.75) is 43.4 Å². The van der Waals surface area contributed by atoms with Crippen molar-refractivity contribution in [3.8, 4) is 0 Å². The fraction of sp³-hybridized carbons (Fsp3) is 0.889. The number of piperidine rings is 1. The van der Waals surface area contributed by atoms with Gasteiger partial charge in [-0.3, -0.25) is 15.2 Å². The van der Waals surface area contributed by atoms with Crippen LogP contribution < -0.4 is 32.5 Å². The van der Waals surface area contributed by atoms with E-state index in [9.17, 15) is 9.18 Å². The Morgan fingerprint density at radius 2 is 2.21 bits per heavy atom. The van der Waals surface area contributed by atoms with Gasteiger partial charge >= 0.3 is 0 Å². The van der Waals surface area contributed by atoms with Crippen LogP contribution in [0.1, 0.15) is 12.8 Å². The summed E-state index contributed by atoms with van der Waals surface area (Å²) < 4.78 is 13.6. The second kappa shape index (κ2) is 9.29. The fourth-order valence-electron chi connectivity index (χ4n) is 4.87. The average molecular weight is 412 g/mol. The van der Waals surface area contributed by atoms with Crippen LogP contribution in [0.25, 0.3) is 0 Å². The van der Waals surface area contributed by atoms with Crippen LogP contribution in [0.15, 0.2) is 4.99 Å². The lowest BCUT2D eigenvalue weighted by atomic mass is 9.96. The van der Waals surface area contributed by atoms with Crippen LogP contribution in [0.2, 0.25) is 0 Å². The number of hydrogen-bond donors (Lipinski definition) is 6. The smallest absolute Gasteiger partial charge is 0.230 e. The molecule has 4 aliphatic rings. The molecule has 0 aliphatic carbocycles. The molecule has 3 fully saturated rings. The molecule has 11 heteroatoms. The van der Waals surface area contributed by atoms with Crippen LogP contribution in [0.4, 0.5) is 4.39 Å². The van der Waals surface area contributed by atoms with Crippen LogP contribution in [0.3, 0.4) is 0 Å². The Hall–Kier alpha value is -1.21. The van der Waals surface area contributed by atoms with E-state index in [0.29, 0.717) is 5.92 Å². The van der Waals surface area contributed by atoms with Gasteiger partial charge in [0.2, 0.25) is 5.91 Å². The van der Waals surface area contributed by atoms with Crippen molar-refractivity contribution in [3.05, 3.63) is 0 Å². The summed E-state index contributed by atoms with van der Waals surface area (Å²) in [4.78, 5) is 17.4. The predicted octanol–water partition coefficient (Wildman–Crippen LogP) is -2.65. The molecular formula is C18H34FN9O. The number of amides is 1. The van der Waals surface area contributed by atoms with Crippen LogP contribution in [-0.4, -0.2) is 99.0 Å². The highest BCUT2D eigenvalue weighted by molar-refractivity contribution is 5.81. The molecule has 7 N–H and O–H groups in total. The fourth-order valence-corrected chi connectivity index (χ4v) is 4.87. The molecule has 0 saturated carbocycles. The number of carbonyl (C=O) groups excluding carboxylic acids is 1. The first-order valence-corrected chi connectivity index (χ1v) is 10.7. The number of nitrogens with two attached hydrogens (primary N) is 1. The van der Waals surface area contributed by atoms with E-state index in [-0.39, 0.29) is 24.5 Å². The number of fused-ring (bicyclic) bond motifs is 1. The van der Waals surface area contributed by atoms with E-state index >= 15 is 0 Å².